The molecule has 2 aromatic heterocycles. The molecule has 0 unspecified atom stereocenters. The van der Waals surface area contributed by atoms with Crippen LogP contribution in [0.3, 0.4) is 0 Å². The van der Waals surface area contributed by atoms with Gasteiger partial charge in [-0.25, -0.2) is 14.8 Å². The van der Waals surface area contributed by atoms with E-state index in [-0.39, 0.29) is 17.4 Å². The van der Waals surface area contributed by atoms with Gasteiger partial charge in [0.05, 0.1) is 18.6 Å². The third kappa shape index (κ3) is 2.93. The van der Waals surface area contributed by atoms with Gasteiger partial charge in [0, 0.05) is 12.5 Å². The molecule has 7 nitrogen and oxygen atoms in total. The van der Waals surface area contributed by atoms with Crippen molar-refractivity contribution in [2.75, 3.05) is 0 Å². The van der Waals surface area contributed by atoms with Crippen molar-refractivity contribution in [3.05, 3.63) is 30.1 Å². The summed E-state index contributed by atoms with van der Waals surface area (Å²) in [7, 11) is 0. The van der Waals surface area contributed by atoms with Gasteiger partial charge < -0.3 is 9.84 Å². The normalized spacial score (nSPS) is 10.8. The topological polar surface area (TPSA) is 90.1 Å². The highest BCUT2D eigenvalue weighted by Crippen LogP contribution is 2.24. The van der Waals surface area contributed by atoms with Crippen LogP contribution in [0.5, 0.6) is 11.5 Å². The van der Waals surface area contributed by atoms with Crippen LogP contribution in [0.15, 0.2) is 18.6 Å². The summed E-state index contributed by atoms with van der Waals surface area (Å²) in [6.45, 7) is 6.44. The lowest BCUT2D eigenvalue weighted by Gasteiger charge is -2.09. The SMILES string of the molecule is CCn1cc(Oc2cnc(C(C)C)nc2C(=O)O)cn1. The highest BCUT2D eigenvalue weighted by molar-refractivity contribution is 5.88. The summed E-state index contributed by atoms with van der Waals surface area (Å²) < 4.78 is 7.18. The third-order valence-corrected chi connectivity index (χ3v) is 2.65. The number of hydrogen-bond donors (Lipinski definition) is 1. The van der Waals surface area contributed by atoms with E-state index in [1.165, 1.54) is 12.4 Å². The second kappa shape index (κ2) is 5.68. The number of aromatic nitrogens is 4. The van der Waals surface area contributed by atoms with Crippen molar-refractivity contribution in [2.24, 2.45) is 0 Å². The smallest absolute Gasteiger partial charge is 0.358 e. The van der Waals surface area contributed by atoms with E-state index in [0.29, 0.717) is 18.1 Å². The summed E-state index contributed by atoms with van der Waals surface area (Å²) in [6.07, 6.45) is 4.59. The first-order valence-corrected chi connectivity index (χ1v) is 6.31. The molecule has 106 valence electrons. The van der Waals surface area contributed by atoms with Gasteiger partial charge >= 0.3 is 5.97 Å². The summed E-state index contributed by atoms with van der Waals surface area (Å²) in [5.74, 6) is -0.0658. The van der Waals surface area contributed by atoms with Crippen LogP contribution in [0.4, 0.5) is 0 Å². The maximum atomic E-state index is 11.3. The fourth-order valence-electron chi connectivity index (χ4n) is 1.59. The average Bonchev–Trinajstić information content (AvgIpc) is 2.86. The molecular weight excluding hydrogens is 260 g/mol. The molecule has 2 aromatic rings. The summed E-state index contributed by atoms with van der Waals surface area (Å²) in [4.78, 5) is 19.4. The summed E-state index contributed by atoms with van der Waals surface area (Å²) in [6, 6.07) is 0. The molecule has 0 fully saturated rings. The zero-order valence-electron chi connectivity index (χ0n) is 11.6. The zero-order valence-corrected chi connectivity index (χ0v) is 11.6. The minimum Gasteiger partial charge on any atom is -0.476 e. The highest BCUT2D eigenvalue weighted by Gasteiger charge is 2.18. The van der Waals surface area contributed by atoms with Crippen molar-refractivity contribution in [1.82, 2.24) is 19.7 Å². The first kappa shape index (κ1) is 14.0. The molecule has 0 spiro atoms. The number of ether oxygens (including phenoxy) is 1. The number of rotatable bonds is 5. The van der Waals surface area contributed by atoms with Gasteiger partial charge in [-0.1, -0.05) is 13.8 Å². The number of carboxylic acid groups (broad SMARTS) is 1. The summed E-state index contributed by atoms with van der Waals surface area (Å²) in [5, 5.41) is 13.3. The second-order valence-electron chi connectivity index (χ2n) is 4.53. The Morgan fingerprint density at radius 2 is 2.20 bits per heavy atom. The van der Waals surface area contributed by atoms with Crippen LogP contribution in [0.2, 0.25) is 0 Å². The van der Waals surface area contributed by atoms with Gasteiger partial charge in [-0.2, -0.15) is 5.10 Å². The van der Waals surface area contributed by atoms with E-state index in [4.69, 9.17) is 4.74 Å². The standard InChI is InChI=1S/C13H16N4O3/c1-4-17-7-9(5-15-17)20-10-6-14-12(8(2)3)16-11(10)13(18)19/h5-8H,4H2,1-3H3,(H,18,19). The molecule has 0 aromatic carbocycles. The van der Waals surface area contributed by atoms with Crippen molar-refractivity contribution >= 4 is 5.97 Å². The van der Waals surface area contributed by atoms with E-state index < -0.39 is 5.97 Å². The molecule has 2 heterocycles. The number of aromatic carboxylic acids is 1. The first-order chi connectivity index (χ1) is 9.51. The Kier molecular flexibility index (Phi) is 3.97. The predicted molar refractivity (Wildman–Crippen MR) is 71.1 cm³/mol. The van der Waals surface area contributed by atoms with Crippen LogP contribution in [0, 0.1) is 0 Å². The number of carbonyl (C=O) groups is 1. The van der Waals surface area contributed by atoms with Gasteiger partial charge in [0.1, 0.15) is 5.82 Å². The fourth-order valence-corrected chi connectivity index (χ4v) is 1.59. The Morgan fingerprint density at radius 1 is 1.45 bits per heavy atom. The predicted octanol–water partition coefficient (Wildman–Crippen LogP) is 2.31. The summed E-state index contributed by atoms with van der Waals surface area (Å²) in [5.41, 5.74) is -0.145. The Bertz CT molecular complexity index is 622. The Morgan fingerprint density at radius 3 is 2.75 bits per heavy atom. The van der Waals surface area contributed by atoms with Gasteiger partial charge in [-0.3, -0.25) is 4.68 Å². The van der Waals surface area contributed by atoms with Crippen LogP contribution in [0.25, 0.3) is 0 Å². The van der Waals surface area contributed by atoms with Crippen molar-refractivity contribution in [2.45, 2.75) is 33.2 Å². The Hall–Kier alpha value is -2.44. The molecule has 1 N–H and O–H groups in total. The van der Waals surface area contributed by atoms with E-state index in [1.54, 1.807) is 10.9 Å². The number of aryl methyl sites for hydroxylation is 1. The van der Waals surface area contributed by atoms with Crippen molar-refractivity contribution < 1.29 is 14.6 Å². The van der Waals surface area contributed by atoms with Gasteiger partial charge in [0.2, 0.25) is 0 Å². The quantitative estimate of drug-likeness (QED) is 0.901. The maximum Gasteiger partial charge on any atom is 0.358 e. The first-order valence-electron chi connectivity index (χ1n) is 6.31. The molecule has 0 saturated heterocycles. The largest absolute Gasteiger partial charge is 0.476 e. The highest BCUT2D eigenvalue weighted by atomic mass is 16.5. The van der Waals surface area contributed by atoms with Gasteiger partial charge in [0.15, 0.2) is 17.2 Å². The average molecular weight is 276 g/mol. The zero-order chi connectivity index (χ0) is 14.7. The van der Waals surface area contributed by atoms with Crippen LogP contribution in [-0.4, -0.2) is 30.8 Å². The number of carboxylic acids is 1. The minimum absolute atomic E-state index is 0.0463. The van der Waals surface area contributed by atoms with Crippen molar-refractivity contribution in [3.63, 3.8) is 0 Å². The van der Waals surface area contributed by atoms with Crippen molar-refractivity contribution in [1.29, 1.82) is 0 Å². The third-order valence-electron chi connectivity index (χ3n) is 2.65. The van der Waals surface area contributed by atoms with Crippen LogP contribution in [-0.2, 0) is 6.54 Å². The molecule has 0 saturated carbocycles. The minimum atomic E-state index is -1.15. The molecule has 0 radical (unpaired) electrons. The molecule has 0 bridgehead atoms. The fraction of sp³-hybridized carbons (Fsp3) is 0.385. The maximum absolute atomic E-state index is 11.3. The lowest BCUT2D eigenvalue weighted by molar-refractivity contribution is 0.0686. The lowest BCUT2D eigenvalue weighted by Crippen LogP contribution is -2.08. The Labute approximate surface area is 116 Å². The molecule has 7 heteroatoms. The molecule has 0 aliphatic carbocycles. The molecule has 0 amide bonds. The van der Waals surface area contributed by atoms with Gasteiger partial charge in [0.25, 0.3) is 0 Å². The van der Waals surface area contributed by atoms with Gasteiger partial charge in [-0.05, 0) is 6.92 Å². The monoisotopic (exact) mass is 276 g/mol. The van der Waals surface area contributed by atoms with E-state index in [2.05, 4.69) is 15.1 Å². The molecule has 0 aliphatic rings. The van der Waals surface area contributed by atoms with Crippen molar-refractivity contribution in [3.8, 4) is 11.5 Å². The van der Waals surface area contributed by atoms with Crippen LogP contribution >= 0.6 is 0 Å². The molecule has 0 atom stereocenters. The molecule has 0 aliphatic heterocycles. The Balaban J connectivity index is 2.33. The van der Waals surface area contributed by atoms with E-state index in [0.717, 1.165) is 0 Å². The molecular formula is C13H16N4O3. The lowest BCUT2D eigenvalue weighted by atomic mass is 10.2. The van der Waals surface area contributed by atoms with Crippen LogP contribution < -0.4 is 4.74 Å². The number of nitrogens with zero attached hydrogens (tertiary/aromatic N) is 4. The van der Waals surface area contributed by atoms with E-state index in [1.807, 2.05) is 20.8 Å². The molecule has 2 rings (SSSR count). The number of hydrogen-bond acceptors (Lipinski definition) is 5. The van der Waals surface area contributed by atoms with Gasteiger partial charge in [-0.15, -0.1) is 0 Å². The van der Waals surface area contributed by atoms with E-state index in [9.17, 15) is 9.90 Å². The molecule has 20 heavy (non-hydrogen) atoms. The van der Waals surface area contributed by atoms with E-state index >= 15 is 0 Å². The summed E-state index contributed by atoms with van der Waals surface area (Å²) >= 11 is 0. The van der Waals surface area contributed by atoms with Crippen LogP contribution in [0.1, 0.15) is 43.0 Å². The second-order valence-corrected chi connectivity index (χ2v) is 4.53.